The third-order valence-corrected chi connectivity index (χ3v) is 1.91. The molecule has 2 aliphatic rings. The van der Waals surface area contributed by atoms with Gasteiger partial charge < -0.3 is 18.9 Å². The maximum Gasteiger partial charge on any atom is 0.365 e. The maximum absolute atomic E-state index is 11.2. The Morgan fingerprint density at radius 3 is 1.60 bits per heavy atom. The van der Waals surface area contributed by atoms with Gasteiger partial charge in [-0.25, -0.2) is 19.2 Å². The van der Waals surface area contributed by atoms with Gasteiger partial charge >= 0.3 is 36.8 Å². The van der Waals surface area contributed by atoms with E-state index >= 15 is 0 Å². The highest BCUT2D eigenvalue weighted by Crippen LogP contribution is 2.08. The van der Waals surface area contributed by atoms with Gasteiger partial charge in [-0.2, -0.15) is 0 Å². The number of hydrogen-bond acceptors (Lipinski definition) is 10. The smallest absolute Gasteiger partial charge is 0.365 e. The van der Waals surface area contributed by atoms with E-state index in [1.807, 2.05) is 0 Å². The van der Waals surface area contributed by atoms with Gasteiger partial charge in [0.1, 0.15) is 0 Å². The van der Waals surface area contributed by atoms with Gasteiger partial charge in [-0.3, -0.25) is 9.47 Å². The number of hydrogen-bond donors (Lipinski definition) is 0. The first-order valence-electron chi connectivity index (χ1n) is 5.24. The van der Waals surface area contributed by atoms with E-state index in [0.717, 1.165) is 0 Å². The average molecular weight is 288 g/mol. The maximum atomic E-state index is 11.2. The Morgan fingerprint density at radius 2 is 1.30 bits per heavy atom. The summed E-state index contributed by atoms with van der Waals surface area (Å²) in [6.07, 6.45) is 1.43. The summed E-state index contributed by atoms with van der Waals surface area (Å²) >= 11 is 0. The fraction of sp³-hybridized carbons (Fsp3) is 0.400. The normalized spacial score (nSPS) is 25.4. The molecule has 0 spiro atoms. The number of rotatable bonds is 4. The zero-order valence-corrected chi connectivity index (χ0v) is 9.81. The minimum Gasteiger partial charge on any atom is -0.398 e. The van der Waals surface area contributed by atoms with Crippen LogP contribution in [-0.2, 0) is 47.6 Å². The highest BCUT2D eigenvalue weighted by Gasteiger charge is 2.28. The molecule has 2 heterocycles. The summed E-state index contributed by atoms with van der Waals surface area (Å²) in [5, 5.41) is 0. The van der Waals surface area contributed by atoms with Crippen molar-refractivity contribution < 1.29 is 47.6 Å². The van der Waals surface area contributed by atoms with Crippen molar-refractivity contribution in [3.8, 4) is 0 Å². The molecule has 0 radical (unpaired) electrons. The van der Waals surface area contributed by atoms with Crippen LogP contribution in [0, 0.1) is 0 Å². The van der Waals surface area contributed by atoms with Crippen molar-refractivity contribution in [2.75, 3.05) is 13.2 Å². The monoisotopic (exact) mass is 288 g/mol. The van der Waals surface area contributed by atoms with Crippen molar-refractivity contribution in [1.29, 1.82) is 0 Å². The zero-order chi connectivity index (χ0) is 14.5. The minimum absolute atomic E-state index is 0.325. The second kappa shape index (κ2) is 6.12. The summed E-state index contributed by atoms with van der Waals surface area (Å²) in [6, 6.07) is 0. The third-order valence-electron chi connectivity index (χ3n) is 1.91. The Balaban J connectivity index is 1.71. The molecule has 0 bridgehead atoms. The summed E-state index contributed by atoms with van der Waals surface area (Å²) in [4.78, 5) is 43.7. The molecule has 0 N–H and O–H groups in total. The van der Waals surface area contributed by atoms with Crippen LogP contribution in [0.15, 0.2) is 12.2 Å². The molecule has 2 aliphatic heterocycles. The minimum atomic E-state index is -1.44. The SMILES string of the molecule is O=C(/C=C\C(=O)OC1OCC(=O)O1)OC1OCC(=O)O1. The third kappa shape index (κ3) is 4.03. The Bertz CT molecular complexity index is 425. The van der Waals surface area contributed by atoms with Crippen LogP contribution in [0.2, 0.25) is 0 Å². The Morgan fingerprint density at radius 1 is 0.900 bits per heavy atom. The van der Waals surface area contributed by atoms with Crippen molar-refractivity contribution in [1.82, 2.24) is 0 Å². The van der Waals surface area contributed by atoms with Gasteiger partial charge in [0, 0.05) is 12.2 Å². The summed E-state index contributed by atoms with van der Waals surface area (Å²) in [7, 11) is 0. The molecule has 0 aromatic rings. The van der Waals surface area contributed by atoms with E-state index in [1.54, 1.807) is 0 Å². The van der Waals surface area contributed by atoms with Crippen LogP contribution in [0.25, 0.3) is 0 Å². The quantitative estimate of drug-likeness (QED) is 0.438. The van der Waals surface area contributed by atoms with Crippen molar-refractivity contribution in [3.05, 3.63) is 12.2 Å². The Hall–Kier alpha value is -2.46. The molecule has 2 saturated heterocycles. The zero-order valence-electron chi connectivity index (χ0n) is 9.81. The summed E-state index contributed by atoms with van der Waals surface area (Å²) < 4.78 is 27.1. The van der Waals surface area contributed by atoms with Gasteiger partial charge in [-0.1, -0.05) is 0 Å². The Kier molecular flexibility index (Phi) is 4.27. The molecule has 0 aromatic carbocycles. The highest BCUT2D eigenvalue weighted by molar-refractivity contribution is 5.91. The van der Waals surface area contributed by atoms with Crippen LogP contribution < -0.4 is 0 Å². The summed E-state index contributed by atoms with van der Waals surface area (Å²) in [5.41, 5.74) is 0. The molecule has 108 valence electrons. The summed E-state index contributed by atoms with van der Waals surface area (Å²) in [6.45, 7) is -3.52. The molecule has 0 aromatic heterocycles. The first-order valence-corrected chi connectivity index (χ1v) is 5.24. The molecule has 0 saturated carbocycles. The van der Waals surface area contributed by atoms with Gasteiger partial charge in [0.2, 0.25) is 0 Å². The fourth-order valence-electron chi connectivity index (χ4n) is 1.14. The van der Waals surface area contributed by atoms with Crippen LogP contribution in [0.3, 0.4) is 0 Å². The number of ether oxygens (including phenoxy) is 6. The molecular weight excluding hydrogens is 280 g/mol. The van der Waals surface area contributed by atoms with Gasteiger partial charge in [0.25, 0.3) is 0 Å². The van der Waals surface area contributed by atoms with Crippen molar-refractivity contribution in [3.63, 3.8) is 0 Å². The van der Waals surface area contributed by atoms with E-state index in [-0.39, 0.29) is 13.2 Å². The molecule has 10 heteroatoms. The molecule has 2 atom stereocenters. The molecule has 2 fully saturated rings. The van der Waals surface area contributed by atoms with Gasteiger partial charge in [-0.15, -0.1) is 0 Å². The molecule has 2 rings (SSSR count). The number of carbonyl (C=O) groups is 4. The van der Waals surface area contributed by atoms with Crippen molar-refractivity contribution in [2.45, 2.75) is 13.0 Å². The first-order chi connectivity index (χ1) is 9.52. The molecule has 0 amide bonds. The van der Waals surface area contributed by atoms with Crippen LogP contribution >= 0.6 is 0 Å². The molecule has 20 heavy (non-hydrogen) atoms. The lowest BCUT2D eigenvalue weighted by Gasteiger charge is -2.08. The van der Waals surface area contributed by atoms with Crippen LogP contribution in [0.5, 0.6) is 0 Å². The van der Waals surface area contributed by atoms with Crippen LogP contribution in [-0.4, -0.2) is 50.0 Å². The van der Waals surface area contributed by atoms with Gasteiger partial charge in [-0.05, 0) is 0 Å². The molecule has 0 aliphatic carbocycles. The lowest BCUT2D eigenvalue weighted by Crippen LogP contribution is -2.19. The van der Waals surface area contributed by atoms with E-state index in [2.05, 4.69) is 28.4 Å². The predicted molar refractivity (Wildman–Crippen MR) is 53.0 cm³/mol. The van der Waals surface area contributed by atoms with Crippen LogP contribution in [0.4, 0.5) is 0 Å². The first kappa shape index (κ1) is 14.0. The lowest BCUT2D eigenvalue weighted by atomic mass is 10.5. The van der Waals surface area contributed by atoms with Gasteiger partial charge in [0.15, 0.2) is 13.2 Å². The van der Waals surface area contributed by atoms with Crippen molar-refractivity contribution >= 4 is 23.9 Å². The Labute approximate surface area is 111 Å². The number of carbonyl (C=O) groups excluding carboxylic acids is 4. The second-order valence-corrected chi connectivity index (χ2v) is 3.39. The predicted octanol–water partition coefficient (Wildman–Crippen LogP) is -1.66. The molecule has 2 unspecified atom stereocenters. The molecule has 10 nitrogen and oxygen atoms in total. The fourth-order valence-corrected chi connectivity index (χ4v) is 1.14. The van der Waals surface area contributed by atoms with Crippen molar-refractivity contribution in [2.24, 2.45) is 0 Å². The average Bonchev–Trinajstić information content (AvgIpc) is 2.96. The number of cyclic esters (lactones) is 2. The van der Waals surface area contributed by atoms with E-state index in [4.69, 9.17) is 0 Å². The topological polar surface area (TPSA) is 124 Å². The largest absolute Gasteiger partial charge is 0.398 e. The van der Waals surface area contributed by atoms with E-state index < -0.39 is 36.8 Å². The van der Waals surface area contributed by atoms with Gasteiger partial charge in [0.05, 0.1) is 0 Å². The lowest BCUT2D eigenvalue weighted by molar-refractivity contribution is -0.224. The highest BCUT2D eigenvalue weighted by atomic mass is 16.9. The van der Waals surface area contributed by atoms with E-state index in [0.29, 0.717) is 12.2 Å². The molecular formula is C10H8O10. The van der Waals surface area contributed by atoms with E-state index in [9.17, 15) is 19.2 Å². The summed E-state index contributed by atoms with van der Waals surface area (Å²) in [5.74, 6) is -3.34. The van der Waals surface area contributed by atoms with E-state index in [1.165, 1.54) is 0 Å². The van der Waals surface area contributed by atoms with Crippen LogP contribution in [0.1, 0.15) is 0 Å². The standard InChI is InChI=1S/C10H8O10/c11-5(17-9-15-3-7(13)19-9)1-2-6(12)18-10-16-4-8(14)20-10/h1-2,9-10H,3-4H2/b2-1-. The number of esters is 4. The second-order valence-electron chi connectivity index (χ2n) is 3.39.